The summed E-state index contributed by atoms with van der Waals surface area (Å²) in [4.78, 5) is 0. The lowest BCUT2D eigenvalue weighted by Crippen LogP contribution is -2.00. The first-order valence-electron chi connectivity index (χ1n) is 4.76. The molecule has 84 valence electrons. The minimum atomic E-state index is -0.673. The number of hydrogen-bond acceptors (Lipinski definition) is 2. The molecule has 0 aliphatic heterocycles. The Labute approximate surface area is 101 Å². The van der Waals surface area contributed by atoms with E-state index in [4.69, 9.17) is 0 Å². The van der Waals surface area contributed by atoms with Crippen LogP contribution in [-0.2, 0) is 0 Å². The topological polar surface area (TPSA) is 38.0 Å². The minimum absolute atomic E-state index is 0.357. The van der Waals surface area contributed by atoms with Gasteiger partial charge in [0.2, 0.25) is 0 Å². The van der Waals surface area contributed by atoms with Crippen molar-refractivity contribution in [2.75, 3.05) is 0 Å². The molecule has 0 saturated heterocycles. The molecule has 0 fully saturated rings. The molecular formula is C11H10BrFN2O. The average Bonchev–Trinajstić information content (AvgIpc) is 2.64. The second-order valence-electron chi connectivity index (χ2n) is 3.49. The van der Waals surface area contributed by atoms with Gasteiger partial charge in [-0.05, 0) is 40.5 Å². The zero-order chi connectivity index (χ0) is 11.7. The summed E-state index contributed by atoms with van der Waals surface area (Å²) in [6, 6.07) is 4.59. The Morgan fingerprint density at radius 1 is 1.50 bits per heavy atom. The molecule has 0 amide bonds. The predicted octanol–water partition coefficient (Wildman–Crippen LogP) is 2.83. The molecule has 0 saturated carbocycles. The quantitative estimate of drug-likeness (QED) is 0.921. The Hall–Kier alpha value is -1.20. The number of halogens is 2. The highest BCUT2D eigenvalue weighted by molar-refractivity contribution is 9.10. The van der Waals surface area contributed by atoms with Crippen LogP contribution in [0.15, 0.2) is 35.1 Å². The summed E-state index contributed by atoms with van der Waals surface area (Å²) in [7, 11) is 0. The molecule has 1 aromatic heterocycles. The van der Waals surface area contributed by atoms with E-state index in [1.807, 2.05) is 0 Å². The van der Waals surface area contributed by atoms with Crippen molar-refractivity contribution in [1.82, 2.24) is 9.78 Å². The molecule has 0 aliphatic rings. The van der Waals surface area contributed by atoms with Crippen molar-refractivity contribution in [2.24, 2.45) is 0 Å². The van der Waals surface area contributed by atoms with Gasteiger partial charge in [0.1, 0.15) is 11.5 Å². The van der Waals surface area contributed by atoms with Gasteiger partial charge < -0.3 is 5.11 Å². The molecule has 1 aromatic carbocycles. The van der Waals surface area contributed by atoms with E-state index in [0.29, 0.717) is 11.3 Å². The van der Waals surface area contributed by atoms with Gasteiger partial charge in [-0.3, -0.25) is 0 Å². The van der Waals surface area contributed by atoms with Gasteiger partial charge in [-0.2, -0.15) is 5.10 Å². The molecule has 2 aromatic rings. The van der Waals surface area contributed by atoms with Crippen LogP contribution >= 0.6 is 15.9 Å². The predicted molar refractivity (Wildman–Crippen MR) is 61.9 cm³/mol. The molecule has 2 rings (SSSR count). The summed E-state index contributed by atoms with van der Waals surface area (Å²) in [6.07, 6.45) is 2.58. The molecule has 16 heavy (non-hydrogen) atoms. The Balaban J connectivity index is 2.44. The maximum atomic E-state index is 13.7. The Bertz CT molecular complexity index is 510. The van der Waals surface area contributed by atoms with Crippen LogP contribution in [-0.4, -0.2) is 14.9 Å². The Morgan fingerprint density at radius 3 is 2.75 bits per heavy atom. The Kier molecular flexibility index (Phi) is 3.07. The van der Waals surface area contributed by atoms with E-state index < -0.39 is 11.9 Å². The maximum Gasteiger partial charge on any atom is 0.149 e. The lowest BCUT2D eigenvalue weighted by molar-refractivity contribution is 0.199. The van der Waals surface area contributed by atoms with Gasteiger partial charge in [0.15, 0.2) is 0 Å². The lowest BCUT2D eigenvalue weighted by Gasteiger charge is -2.07. The molecule has 0 unspecified atom stereocenters. The number of aromatic nitrogens is 2. The van der Waals surface area contributed by atoms with Gasteiger partial charge in [-0.15, -0.1) is 0 Å². The van der Waals surface area contributed by atoms with Gasteiger partial charge in [-0.1, -0.05) is 6.07 Å². The average molecular weight is 285 g/mol. The van der Waals surface area contributed by atoms with Gasteiger partial charge in [-0.25, -0.2) is 9.07 Å². The Morgan fingerprint density at radius 2 is 2.25 bits per heavy atom. The highest BCUT2D eigenvalue weighted by atomic mass is 79.9. The summed E-state index contributed by atoms with van der Waals surface area (Å²) in [5.41, 5.74) is 0.905. The molecule has 3 nitrogen and oxygen atoms in total. The molecule has 1 N–H and O–H groups in total. The van der Waals surface area contributed by atoms with E-state index in [0.717, 1.165) is 4.47 Å². The van der Waals surface area contributed by atoms with Gasteiger partial charge in [0.25, 0.3) is 0 Å². The van der Waals surface area contributed by atoms with E-state index in [1.54, 1.807) is 31.5 Å². The third-order valence-electron chi connectivity index (χ3n) is 2.25. The standard InChI is InChI=1S/C11H10BrFN2O/c1-7(16)8-2-3-11(10(13)4-8)15-6-9(12)5-14-15/h2-7,16H,1H3/t7-/m1/s1. The van der Waals surface area contributed by atoms with E-state index in [9.17, 15) is 9.50 Å². The second-order valence-corrected chi connectivity index (χ2v) is 4.41. The fourth-order valence-corrected chi connectivity index (χ4v) is 1.69. The number of aliphatic hydroxyl groups excluding tert-OH is 1. The summed E-state index contributed by atoms with van der Waals surface area (Å²) >= 11 is 3.25. The van der Waals surface area contributed by atoms with Gasteiger partial charge >= 0.3 is 0 Å². The third kappa shape index (κ3) is 2.15. The van der Waals surface area contributed by atoms with Crippen LogP contribution in [0.25, 0.3) is 5.69 Å². The fraction of sp³-hybridized carbons (Fsp3) is 0.182. The minimum Gasteiger partial charge on any atom is -0.389 e. The van der Waals surface area contributed by atoms with E-state index in [1.165, 1.54) is 10.7 Å². The summed E-state index contributed by atoms with van der Waals surface area (Å²) in [6.45, 7) is 1.60. The zero-order valence-electron chi connectivity index (χ0n) is 8.56. The summed E-state index contributed by atoms with van der Waals surface area (Å²) < 4.78 is 15.9. The highest BCUT2D eigenvalue weighted by Gasteiger charge is 2.09. The van der Waals surface area contributed by atoms with Crippen LogP contribution in [0.4, 0.5) is 4.39 Å². The molecule has 0 bridgehead atoms. The van der Waals surface area contributed by atoms with Crippen LogP contribution < -0.4 is 0 Å². The summed E-state index contributed by atoms with van der Waals surface area (Å²) in [5.74, 6) is -0.408. The van der Waals surface area contributed by atoms with E-state index in [-0.39, 0.29) is 0 Å². The maximum absolute atomic E-state index is 13.7. The summed E-state index contributed by atoms with van der Waals surface area (Å²) in [5, 5.41) is 13.3. The third-order valence-corrected chi connectivity index (χ3v) is 2.66. The molecule has 0 spiro atoms. The monoisotopic (exact) mass is 284 g/mol. The second kappa shape index (κ2) is 4.35. The first-order chi connectivity index (χ1) is 7.58. The molecule has 0 radical (unpaired) electrons. The van der Waals surface area contributed by atoms with Crippen LogP contribution in [0.5, 0.6) is 0 Å². The van der Waals surface area contributed by atoms with Crippen molar-refractivity contribution in [3.8, 4) is 5.69 Å². The van der Waals surface area contributed by atoms with Crippen molar-refractivity contribution in [1.29, 1.82) is 0 Å². The lowest BCUT2D eigenvalue weighted by atomic mass is 10.1. The van der Waals surface area contributed by atoms with Crippen molar-refractivity contribution >= 4 is 15.9 Å². The first kappa shape index (κ1) is 11.3. The van der Waals surface area contributed by atoms with Crippen molar-refractivity contribution in [3.05, 3.63) is 46.4 Å². The molecule has 5 heteroatoms. The smallest absolute Gasteiger partial charge is 0.149 e. The molecule has 1 heterocycles. The highest BCUT2D eigenvalue weighted by Crippen LogP contribution is 2.20. The normalized spacial score (nSPS) is 12.8. The van der Waals surface area contributed by atoms with Crippen LogP contribution in [0.2, 0.25) is 0 Å². The fourth-order valence-electron chi connectivity index (χ4n) is 1.40. The first-order valence-corrected chi connectivity index (χ1v) is 5.55. The number of benzene rings is 1. The molecular weight excluding hydrogens is 275 g/mol. The number of aliphatic hydroxyl groups is 1. The van der Waals surface area contributed by atoms with Crippen LogP contribution in [0.1, 0.15) is 18.6 Å². The van der Waals surface area contributed by atoms with Crippen LogP contribution in [0.3, 0.4) is 0 Å². The van der Waals surface area contributed by atoms with Gasteiger partial charge in [0, 0.05) is 6.20 Å². The molecule has 1 atom stereocenters. The number of rotatable bonds is 2. The molecule has 0 aliphatic carbocycles. The van der Waals surface area contributed by atoms with E-state index >= 15 is 0 Å². The van der Waals surface area contributed by atoms with Crippen molar-refractivity contribution in [2.45, 2.75) is 13.0 Å². The van der Waals surface area contributed by atoms with Crippen molar-refractivity contribution in [3.63, 3.8) is 0 Å². The van der Waals surface area contributed by atoms with E-state index in [2.05, 4.69) is 21.0 Å². The number of hydrogen-bond donors (Lipinski definition) is 1. The van der Waals surface area contributed by atoms with Gasteiger partial charge in [0.05, 0.1) is 16.8 Å². The van der Waals surface area contributed by atoms with Crippen molar-refractivity contribution < 1.29 is 9.50 Å². The SMILES string of the molecule is C[C@@H](O)c1ccc(-n2cc(Br)cn2)c(F)c1. The van der Waals surface area contributed by atoms with Crippen LogP contribution in [0, 0.1) is 5.82 Å². The number of nitrogens with zero attached hydrogens (tertiary/aromatic N) is 2. The zero-order valence-corrected chi connectivity index (χ0v) is 10.1. The largest absolute Gasteiger partial charge is 0.389 e.